The zero-order chi connectivity index (χ0) is 28.1. The number of benzene rings is 1. The summed E-state index contributed by atoms with van der Waals surface area (Å²) in [5, 5.41) is 25.4. The van der Waals surface area contributed by atoms with Crippen molar-refractivity contribution in [2.24, 2.45) is 22.7 Å². The molecular weight excluding hydrogens is 496 g/mol. The van der Waals surface area contributed by atoms with Crippen LogP contribution in [-0.2, 0) is 19.1 Å². The van der Waals surface area contributed by atoms with Gasteiger partial charge in [0.1, 0.15) is 24.4 Å². The van der Waals surface area contributed by atoms with Crippen molar-refractivity contribution in [3.05, 3.63) is 36.2 Å². The number of fused-ring (bicyclic) bond motifs is 2. The zero-order valence-corrected chi connectivity index (χ0v) is 23.1. The molecule has 5 atom stereocenters. The minimum atomic E-state index is -1.04. The third-order valence-electron chi connectivity index (χ3n) is 8.44. The first kappa shape index (κ1) is 27.0. The molecule has 2 N–H and O–H groups in total. The number of nitriles is 1. The van der Waals surface area contributed by atoms with Crippen LogP contribution in [0.1, 0.15) is 59.2 Å². The molecule has 2 saturated carbocycles. The normalized spacial score (nSPS) is 24.8. The molecule has 5 rings (SSSR count). The summed E-state index contributed by atoms with van der Waals surface area (Å²) in [6.07, 6.45) is 3.64. The largest absolute Gasteiger partial charge is 0.368 e. The van der Waals surface area contributed by atoms with Crippen molar-refractivity contribution in [2.45, 2.75) is 71.7 Å². The predicted molar refractivity (Wildman–Crippen MR) is 143 cm³/mol. The van der Waals surface area contributed by atoms with Crippen LogP contribution >= 0.6 is 0 Å². The molecule has 39 heavy (non-hydrogen) atoms. The van der Waals surface area contributed by atoms with E-state index in [1.165, 1.54) is 0 Å². The maximum absolute atomic E-state index is 14.0. The van der Waals surface area contributed by atoms with E-state index >= 15 is 0 Å². The highest BCUT2D eigenvalue weighted by Crippen LogP contribution is 2.65. The summed E-state index contributed by atoms with van der Waals surface area (Å²) in [6.45, 7) is 10.2. The lowest BCUT2D eigenvalue weighted by Gasteiger charge is -2.37. The Balaban J connectivity index is 1.37. The average Bonchev–Trinajstić information content (AvgIpc) is 3.76. The fourth-order valence-electron chi connectivity index (χ4n) is 5.91. The van der Waals surface area contributed by atoms with Crippen LogP contribution in [0.15, 0.2) is 30.5 Å². The van der Waals surface area contributed by atoms with Gasteiger partial charge in [0, 0.05) is 17.3 Å². The fourth-order valence-corrected chi connectivity index (χ4v) is 5.91. The molecule has 1 unspecified atom stereocenters. The molecule has 3 amide bonds. The molecule has 10 nitrogen and oxygen atoms in total. The smallest absolute Gasteiger partial charge is 0.246 e. The molecular formula is C29H36N6O4. The molecule has 3 fully saturated rings. The summed E-state index contributed by atoms with van der Waals surface area (Å²) < 4.78 is 5.53. The van der Waals surface area contributed by atoms with Crippen molar-refractivity contribution < 1.29 is 19.1 Å². The van der Waals surface area contributed by atoms with Gasteiger partial charge in [0.05, 0.1) is 18.4 Å². The molecule has 2 aromatic rings. The van der Waals surface area contributed by atoms with Gasteiger partial charge in [-0.25, -0.2) is 0 Å². The van der Waals surface area contributed by atoms with Gasteiger partial charge < -0.3 is 20.3 Å². The summed E-state index contributed by atoms with van der Waals surface area (Å²) in [6, 6.07) is 6.94. The third kappa shape index (κ3) is 5.20. The Kier molecular flexibility index (Phi) is 6.83. The Morgan fingerprint density at radius 1 is 1.21 bits per heavy atom. The number of rotatable bonds is 8. The first-order chi connectivity index (χ1) is 18.4. The topological polar surface area (TPSA) is 137 Å². The van der Waals surface area contributed by atoms with Crippen LogP contribution < -0.4 is 10.6 Å². The van der Waals surface area contributed by atoms with E-state index in [1.807, 2.05) is 45.0 Å². The summed E-state index contributed by atoms with van der Waals surface area (Å²) in [5.41, 5.74) is -0.343. The minimum absolute atomic E-state index is 0.0473. The molecule has 10 heteroatoms. The van der Waals surface area contributed by atoms with Gasteiger partial charge in [0.2, 0.25) is 17.7 Å². The number of ether oxygens (including phenoxy) is 1. The molecule has 1 saturated heterocycles. The molecule has 206 valence electrons. The highest BCUT2D eigenvalue weighted by Gasteiger charge is 2.69. The van der Waals surface area contributed by atoms with E-state index < -0.39 is 29.4 Å². The van der Waals surface area contributed by atoms with Crippen molar-refractivity contribution in [3.8, 4) is 6.07 Å². The lowest BCUT2D eigenvalue weighted by molar-refractivity contribution is -0.146. The Hall–Kier alpha value is -3.58. The number of piperidine rings is 1. The molecule has 0 bridgehead atoms. The number of amides is 3. The van der Waals surface area contributed by atoms with Gasteiger partial charge in [-0.2, -0.15) is 15.5 Å². The van der Waals surface area contributed by atoms with Gasteiger partial charge in [-0.15, -0.1) is 0 Å². The Morgan fingerprint density at radius 3 is 2.59 bits per heavy atom. The lowest BCUT2D eigenvalue weighted by Crippen LogP contribution is -2.59. The molecule has 3 aliphatic rings. The van der Waals surface area contributed by atoms with Crippen molar-refractivity contribution in [1.29, 1.82) is 5.26 Å². The number of likely N-dealkylation sites (tertiary alicyclic amines) is 1. The zero-order valence-electron chi connectivity index (χ0n) is 23.1. The van der Waals surface area contributed by atoms with Crippen molar-refractivity contribution in [1.82, 2.24) is 25.7 Å². The summed E-state index contributed by atoms with van der Waals surface area (Å²) in [7, 11) is 0. The van der Waals surface area contributed by atoms with E-state index in [1.54, 1.807) is 11.1 Å². The molecule has 1 aromatic carbocycles. The highest BCUT2D eigenvalue weighted by molar-refractivity contribution is 5.94. The number of aromatic nitrogens is 2. The van der Waals surface area contributed by atoms with Gasteiger partial charge in [0.25, 0.3) is 0 Å². The van der Waals surface area contributed by atoms with Crippen LogP contribution in [0.2, 0.25) is 0 Å². The summed E-state index contributed by atoms with van der Waals surface area (Å²) >= 11 is 0. The number of nitrogens with one attached hydrogen (secondary N) is 2. The maximum atomic E-state index is 14.0. The molecule has 0 spiro atoms. The van der Waals surface area contributed by atoms with Gasteiger partial charge >= 0.3 is 0 Å². The summed E-state index contributed by atoms with van der Waals surface area (Å²) in [5.74, 6) is -0.943. The molecule has 1 aliphatic heterocycles. The van der Waals surface area contributed by atoms with Crippen LogP contribution in [0.3, 0.4) is 0 Å². The van der Waals surface area contributed by atoms with Gasteiger partial charge in [-0.1, -0.05) is 58.9 Å². The fraction of sp³-hybridized carbons (Fsp3) is 0.586. The minimum Gasteiger partial charge on any atom is -0.368 e. The van der Waals surface area contributed by atoms with Crippen molar-refractivity contribution in [3.63, 3.8) is 0 Å². The SMILES string of the molecule is CC(C)(C)[C@H](NC(=O)COC1CC1)C(=O)N1C[C@H]2[C@@H]([C@H]1C(=O)NC(C#N)c1nncc3ccccc13)C2(C)C. The van der Waals surface area contributed by atoms with E-state index in [9.17, 15) is 19.6 Å². The van der Waals surface area contributed by atoms with E-state index in [4.69, 9.17) is 4.74 Å². The number of hydrogen-bond acceptors (Lipinski definition) is 7. The Morgan fingerprint density at radius 2 is 1.92 bits per heavy atom. The van der Waals surface area contributed by atoms with Crippen LogP contribution in [0.4, 0.5) is 0 Å². The number of hydrogen-bond donors (Lipinski definition) is 2. The monoisotopic (exact) mass is 532 g/mol. The molecule has 1 aromatic heterocycles. The molecule has 2 aliphatic carbocycles. The van der Waals surface area contributed by atoms with Gasteiger partial charge in [-0.3, -0.25) is 14.4 Å². The van der Waals surface area contributed by atoms with Crippen LogP contribution in [-0.4, -0.2) is 64.2 Å². The quantitative estimate of drug-likeness (QED) is 0.533. The average molecular weight is 533 g/mol. The van der Waals surface area contributed by atoms with E-state index in [0.29, 0.717) is 12.2 Å². The highest BCUT2D eigenvalue weighted by atomic mass is 16.5. The summed E-state index contributed by atoms with van der Waals surface area (Å²) in [4.78, 5) is 42.1. The first-order valence-corrected chi connectivity index (χ1v) is 13.5. The molecule has 0 radical (unpaired) electrons. The van der Waals surface area contributed by atoms with Crippen LogP contribution in [0.25, 0.3) is 10.8 Å². The second-order valence-electron chi connectivity index (χ2n) is 12.7. The van der Waals surface area contributed by atoms with Crippen LogP contribution in [0.5, 0.6) is 0 Å². The van der Waals surface area contributed by atoms with Crippen molar-refractivity contribution in [2.75, 3.05) is 13.2 Å². The van der Waals surface area contributed by atoms with E-state index in [-0.39, 0.29) is 41.8 Å². The van der Waals surface area contributed by atoms with Crippen LogP contribution in [0, 0.1) is 34.0 Å². The first-order valence-electron chi connectivity index (χ1n) is 13.5. The molecule has 2 heterocycles. The predicted octanol–water partition coefficient (Wildman–Crippen LogP) is 2.50. The number of nitrogens with zero attached hydrogens (tertiary/aromatic N) is 4. The lowest BCUT2D eigenvalue weighted by atomic mass is 9.85. The van der Waals surface area contributed by atoms with E-state index in [2.05, 4.69) is 40.7 Å². The maximum Gasteiger partial charge on any atom is 0.246 e. The Bertz CT molecular complexity index is 1340. The number of carbonyl (C=O) groups is 3. The second kappa shape index (κ2) is 9.87. The van der Waals surface area contributed by atoms with Gasteiger partial charge in [0.15, 0.2) is 6.04 Å². The van der Waals surface area contributed by atoms with E-state index in [0.717, 1.165) is 23.6 Å². The standard InChI is InChI=1S/C29H36N6O4/c1-28(2,3)25(33-21(36)15-39-17-10-11-17)27(38)35-14-19-22(29(19,4)5)24(35)26(37)32-20(12-30)23-18-9-7-6-8-16(18)13-31-34-23/h6-9,13,17,19-20,22,24-25H,10-11,14-15H2,1-5H3,(H,32,37)(H,33,36)/t19-,20?,22-,24-,25+/m0/s1. The number of carbonyl (C=O) groups excluding carboxylic acids is 3. The van der Waals surface area contributed by atoms with Crippen molar-refractivity contribution >= 4 is 28.5 Å². The Labute approximate surface area is 228 Å². The second-order valence-corrected chi connectivity index (χ2v) is 12.7. The van der Waals surface area contributed by atoms with Gasteiger partial charge in [-0.05, 0) is 35.5 Å². The third-order valence-corrected chi connectivity index (χ3v) is 8.44.